The number of amides is 1. The van der Waals surface area contributed by atoms with Crippen molar-refractivity contribution >= 4 is 33.7 Å². The van der Waals surface area contributed by atoms with Crippen molar-refractivity contribution in [2.24, 2.45) is 0 Å². The SMILES string of the molecule is Cc1ccc(NC=O)cc1Oc1cc(-c2cccnc2)nc2sccc12. The van der Waals surface area contributed by atoms with E-state index in [-0.39, 0.29) is 0 Å². The molecule has 5 nitrogen and oxygen atoms in total. The van der Waals surface area contributed by atoms with E-state index in [0.717, 1.165) is 32.8 Å². The quantitative estimate of drug-likeness (QED) is 0.507. The van der Waals surface area contributed by atoms with E-state index >= 15 is 0 Å². The molecule has 0 unspecified atom stereocenters. The third-order valence-corrected chi connectivity index (χ3v) is 4.80. The first kappa shape index (κ1) is 16.2. The molecule has 128 valence electrons. The van der Waals surface area contributed by atoms with Crippen LogP contribution in [0.25, 0.3) is 21.5 Å². The van der Waals surface area contributed by atoms with Crippen molar-refractivity contribution in [2.75, 3.05) is 5.32 Å². The lowest BCUT2D eigenvalue weighted by Crippen LogP contribution is -1.96. The number of rotatable bonds is 5. The molecular formula is C20H15N3O2S. The molecule has 0 aliphatic carbocycles. The number of carbonyl (C=O) groups is 1. The number of carbonyl (C=O) groups excluding carboxylic acids is 1. The second kappa shape index (κ2) is 6.93. The number of thiophene rings is 1. The maximum absolute atomic E-state index is 10.7. The second-order valence-electron chi connectivity index (χ2n) is 5.73. The molecule has 0 radical (unpaired) electrons. The smallest absolute Gasteiger partial charge is 0.211 e. The molecule has 0 spiro atoms. The van der Waals surface area contributed by atoms with Crippen LogP contribution in [0.1, 0.15) is 5.56 Å². The number of benzene rings is 1. The Bertz CT molecular complexity index is 1080. The molecule has 3 aromatic heterocycles. The van der Waals surface area contributed by atoms with Crippen LogP contribution < -0.4 is 10.1 Å². The number of nitrogens with zero attached hydrogens (tertiary/aromatic N) is 2. The number of aromatic nitrogens is 2. The van der Waals surface area contributed by atoms with Crippen LogP contribution in [0.4, 0.5) is 5.69 Å². The van der Waals surface area contributed by atoms with Gasteiger partial charge in [-0.3, -0.25) is 9.78 Å². The Morgan fingerprint density at radius 3 is 2.88 bits per heavy atom. The summed E-state index contributed by atoms with van der Waals surface area (Å²) >= 11 is 1.57. The Labute approximate surface area is 154 Å². The summed E-state index contributed by atoms with van der Waals surface area (Å²) in [6.07, 6.45) is 4.17. The molecule has 0 saturated carbocycles. The molecule has 4 rings (SSSR count). The third-order valence-electron chi connectivity index (χ3n) is 3.99. The average molecular weight is 361 g/mol. The first-order chi connectivity index (χ1) is 12.7. The van der Waals surface area contributed by atoms with Crippen LogP contribution in [0.5, 0.6) is 11.5 Å². The molecule has 0 aliphatic heterocycles. The van der Waals surface area contributed by atoms with Crippen LogP contribution in [0.15, 0.2) is 60.2 Å². The Kier molecular flexibility index (Phi) is 4.33. The van der Waals surface area contributed by atoms with Gasteiger partial charge < -0.3 is 10.1 Å². The number of pyridine rings is 2. The van der Waals surface area contributed by atoms with Gasteiger partial charge in [0.1, 0.15) is 16.3 Å². The molecule has 0 fully saturated rings. The maximum Gasteiger partial charge on any atom is 0.211 e. The molecule has 0 bridgehead atoms. The molecule has 0 aliphatic rings. The van der Waals surface area contributed by atoms with Crippen molar-refractivity contribution in [1.82, 2.24) is 9.97 Å². The van der Waals surface area contributed by atoms with E-state index in [4.69, 9.17) is 9.72 Å². The number of hydrogen-bond donors (Lipinski definition) is 1. The van der Waals surface area contributed by atoms with Gasteiger partial charge in [0.2, 0.25) is 6.41 Å². The number of hydrogen-bond acceptors (Lipinski definition) is 5. The van der Waals surface area contributed by atoms with Gasteiger partial charge in [-0.25, -0.2) is 4.98 Å². The highest BCUT2D eigenvalue weighted by Crippen LogP contribution is 2.37. The first-order valence-electron chi connectivity index (χ1n) is 8.02. The summed E-state index contributed by atoms with van der Waals surface area (Å²) in [4.78, 5) is 20.5. The Balaban J connectivity index is 1.80. The monoisotopic (exact) mass is 361 g/mol. The van der Waals surface area contributed by atoms with E-state index in [1.165, 1.54) is 0 Å². The average Bonchev–Trinajstić information content (AvgIpc) is 3.14. The van der Waals surface area contributed by atoms with E-state index in [0.29, 0.717) is 17.8 Å². The molecule has 1 aromatic carbocycles. The van der Waals surface area contributed by atoms with Crippen LogP contribution in [-0.2, 0) is 4.79 Å². The van der Waals surface area contributed by atoms with Crippen molar-refractivity contribution in [3.05, 3.63) is 65.8 Å². The van der Waals surface area contributed by atoms with Crippen LogP contribution in [0, 0.1) is 6.92 Å². The fourth-order valence-corrected chi connectivity index (χ4v) is 3.43. The minimum atomic E-state index is 0.651. The fourth-order valence-electron chi connectivity index (χ4n) is 2.65. The van der Waals surface area contributed by atoms with Crippen molar-refractivity contribution in [2.45, 2.75) is 6.92 Å². The van der Waals surface area contributed by atoms with Gasteiger partial charge in [0, 0.05) is 35.8 Å². The topological polar surface area (TPSA) is 64.1 Å². The van der Waals surface area contributed by atoms with Gasteiger partial charge in [0.15, 0.2) is 0 Å². The van der Waals surface area contributed by atoms with E-state index in [1.807, 2.05) is 54.8 Å². The predicted octanol–water partition coefficient (Wildman–Crippen LogP) is 5.03. The summed E-state index contributed by atoms with van der Waals surface area (Å²) in [6.45, 7) is 1.97. The van der Waals surface area contributed by atoms with Gasteiger partial charge in [-0.05, 0) is 42.1 Å². The van der Waals surface area contributed by atoms with Crippen molar-refractivity contribution in [3.63, 3.8) is 0 Å². The lowest BCUT2D eigenvalue weighted by molar-refractivity contribution is -0.105. The lowest BCUT2D eigenvalue weighted by Gasteiger charge is -2.12. The Morgan fingerprint density at radius 2 is 2.08 bits per heavy atom. The number of nitrogens with one attached hydrogen (secondary N) is 1. The zero-order valence-electron chi connectivity index (χ0n) is 14.0. The van der Waals surface area contributed by atoms with Crippen molar-refractivity contribution in [1.29, 1.82) is 0 Å². The first-order valence-corrected chi connectivity index (χ1v) is 8.90. The third kappa shape index (κ3) is 3.14. The van der Waals surface area contributed by atoms with Gasteiger partial charge >= 0.3 is 0 Å². The molecule has 0 saturated heterocycles. The fraction of sp³-hybridized carbons (Fsp3) is 0.0500. The van der Waals surface area contributed by atoms with E-state index in [9.17, 15) is 4.79 Å². The Hall–Kier alpha value is -3.25. The minimum absolute atomic E-state index is 0.651. The summed E-state index contributed by atoms with van der Waals surface area (Å²) in [5.41, 5.74) is 3.40. The molecule has 3 heterocycles. The second-order valence-corrected chi connectivity index (χ2v) is 6.63. The van der Waals surface area contributed by atoms with E-state index in [2.05, 4.69) is 10.3 Å². The molecule has 1 amide bonds. The van der Waals surface area contributed by atoms with Crippen LogP contribution in [0.2, 0.25) is 0 Å². The molecule has 6 heteroatoms. The van der Waals surface area contributed by atoms with Gasteiger partial charge in [-0.15, -0.1) is 11.3 Å². The van der Waals surface area contributed by atoms with Crippen LogP contribution in [-0.4, -0.2) is 16.4 Å². The standard InChI is InChI=1S/C20H15N3O2S/c1-13-4-5-15(22-12-24)9-18(13)25-19-10-17(14-3-2-7-21-11-14)23-20-16(19)6-8-26-20/h2-12H,1H3,(H,22,24). The van der Waals surface area contributed by atoms with E-state index < -0.39 is 0 Å². The van der Waals surface area contributed by atoms with Crippen LogP contribution >= 0.6 is 11.3 Å². The highest BCUT2D eigenvalue weighted by molar-refractivity contribution is 7.16. The number of anilines is 1. The summed E-state index contributed by atoms with van der Waals surface area (Å²) in [6, 6.07) is 13.3. The predicted molar refractivity (Wildman–Crippen MR) is 104 cm³/mol. The number of aryl methyl sites for hydroxylation is 1. The zero-order valence-corrected chi connectivity index (χ0v) is 14.8. The minimum Gasteiger partial charge on any atom is -0.456 e. The number of fused-ring (bicyclic) bond motifs is 1. The highest BCUT2D eigenvalue weighted by Gasteiger charge is 2.12. The summed E-state index contributed by atoms with van der Waals surface area (Å²) in [5.74, 6) is 1.41. The van der Waals surface area contributed by atoms with E-state index in [1.54, 1.807) is 23.7 Å². The molecule has 26 heavy (non-hydrogen) atoms. The molecule has 1 N–H and O–H groups in total. The van der Waals surface area contributed by atoms with Gasteiger partial charge in [-0.1, -0.05) is 6.07 Å². The van der Waals surface area contributed by atoms with Crippen molar-refractivity contribution in [3.8, 4) is 22.8 Å². The van der Waals surface area contributed by atoms with Gasteiger partial charge in [-0.2, -0.15) is 0 Å². The highest BCUT2D eigenvalue weighted by atomic mass is 32.1. The van der Waals surface area contributed by atoms with Gasteiger partial charge in [0.05, 0.1) is 11.1 Å². The molecule has 4 aromatic rings. The van der Waals surface area contributed by atoms with Crippen LogP contribution in [0.3, 0.4) is 0 Å². The normalized spacial score (nSPS) is 10.7. The number of ether oxygens (including phenoxy) is 1. The maximum atomic E-state index is 10.7. The lowest BCUT2D eigenvalue weighted by atomic mass is 10.1. The molecular weight excluding hydrogens is 346 g/mol. The Morgan fingerprint density at radius 1 is 1.15 bits per heavy atom. The summed E-state index contributed by atoms with van der Waals surface area (Å²) in [5, 5.41) is 5.60. The van der Waals surface area contributed by atoms with Crippen molar-refractivity contribution < 1.29 is 9.53 Å². The summed E-state index contributed by atoms with van der Waals surface area (Å²) in [7, 11) is 0. The largest absolute Gasteiger partial charge is 0.456 e. The molecule has 0 atom stereocenters. The zero-order chi connectivity index (χ0) is 17.9. The summed E-state index contributed by atoms with van der Waals surface area (Å²) < 4.78 is 6.22. The van der Waals surface area contributed by atoms with Gasteiger partial charge in [0.25, 0.3) is 0 Å².